The Morgan fingerprint density at radius 1 is 1.42 bits per heavy atom. The second-order valence-corrected chi connectivity index (χ2v) is 6.38. The van der Waals surface area contributed by atoms with Gasteiger partial charge in [-0.3, -0.25) is 0 Å². The fourth-order valence-electron chi connectivity index (χ4n) is 1.44. The van der Waals surface area contributed by atoms with Gasteiger partial charge in [-0.25, -0.2) is 0 Å². The predicted octanol–water partition coefficient (Wildman–Crippen LogP) is 4.33. The lowest BCUT2D eigenvalue weighted by atomic mass is 9.88. The van der Waals surface area contributed by atoms with Crippen molar-refractivity contribution in [1.29, 1.82) is 0 Å². The van der Waals surface area contributed by atoms with Crippen molar-refractivity contribution in [2.45, 2.75) is 20.3 Å². The first-order valence-corrected chi connectivity index (χ1v) is 7.20. The Bertz CT molecular complexity index is 492. The summed E-state index contributed by atoms with van der Waals surface area (Å²) in [4.78, 5) is 0. The average Bonchev–Trinajstić information content (AvgIpc) is 2.37. The van der Waals surface area contributed by atoms with Crippen molar-refractivity contribution in [3.8, 4) is 0 Å². The van der Waals surface area contributed by atoms with Crippen LogP contribution in [0.3, 0.4) is 0 Å². The highest BCUT2D eigenvalue weighted by atomic mass is 79.9. The lowest BCUT2D eigenvalue weighted by Crippen LogP contribution is -2.33. The number of amidine groups is 1. The number of nitrogens with two attached hydrogens (primary N) is 1. The molecule has 19 heavy (non-hydrogen) atoms. The number of nitrogens with zero attached hydrogens (tertiary/aromatic N) is 1. The largest absolute Gasteiger partial charge is 0.409 e. The molecule has 0 saturated carbocycles. The average molecular weight is 369 g/mol. The van der Waals surface area contributed by atoms with Crippen molar-refractivity contribution in [1.82, 2.24) is 0 Å². The third-order valence-corrected chi connectivity index (χ3v) is 4.67. The highest BCUT2D eigenvalue weighted by Gasteiger charge is 2.23. The van der Waals surface area contributed by atoms with E-state index in [1.165, 1.54) is 0 Å². The molecular formula is C12H16BrCl2N3O. The Kier molecular flexibility index (Phi) is 5.77. The zero-order valence-electron chi connectivity index (χ0n) is 10.7. The molecule has 4 N–H and O–H groups in total. The number of nitrogens with one attached hydrogen (secondary N) is 1. The quantitative estimate of drug-likeness (QED) is 0.238. The van der Waals surface area contributed by atoms with Crippen molar-refractivity contribution in [3.05, 3.63) is 26.7 Å². The molecule has 1 rings (SSSR count). The summed E-state index contributed by atoms with van der Waals surface area (Å²) in [5, 5.41) is 15.9. The van der Waals surface area contributed by atoms with E-state index in [1.807, 2.05) is 26.0 Å². The zero-order valence-corrected chi connectivity index (χ0v) is 13.8. The van der Waals surface area contributed by atoms with Crippen molar-refractivity contribution in [3.63, 3.8) is 0 Å². The van der Waals surface area contributed by atoms with Crippen LogP contribution in [0.25, 0.3) is 0 Å². The smallest absolute Gasteiger partial charge is 0.144 e. The van der Waals surface area contributed by atoms with Crippen LogP contribution in [0.2, 0.25) is 10.0 Å². The summed E-state index contributed by atoms with van der Waals surface area (Å²) < 4.78 is 0.752. The highest BCUT2D eigenvalue weighted by molar-refractivity contribution is 9.10. The molecule has 4 nitrogen and oxygen atoms in total. The van der Waals surface area contributed by atoms with Gasteiger partial charge in [0.15, 0.2) is 0 Å². The molecule has 0 saturated heterocycles. The summed E-state index contributed by atoms with van der Waals surface area (Å²) in [7, 11) is 0. The molecule has 0 aliphatic rings. The molecule has 0 aliphatic heterocycles. The van der Waals surface area contributed by atoms with Crippen LogP contribution in [-0.2, 0) is 0 Å². The molecule has 0 radical (unpaired) electrons. The molecule has 0 bridgehead atoms. The van der Waals surface area contributed by atoms with Gasteiger partial charge in [0.1, 0.15) is 5.84 Å². The topological polar surface area (TPSA) is 70.6 Å². The fraction of sp³-hybridized carbons (Fsp3) is 0.417. The standard InChI is InChI=1S/C12H16BrCl2N3O/c1-12(2,11(16)18-19)5-6-17-8-4-3-7(13)9(14)10(8)15/h3-4,17,19H,5-6H2,1-2H3,(H2,16,18). The number of benzene rings is 1. The van der Waals surface area contributed by atoms with Gasteiger partial charge in [-0.15, -0.1) is 0 Å². The van der Waals surface area contributed by atoms with E-state index in [4.69, 9.17) is 34.1 Å². The normalized spacial score (nSPS) is 12.6. The second-order valence-electron chi connectivity index (χ2n) is 4.77. The number of hydrogen-bond donors (Lipinski definition) is 3. The molecule has 1 aromatic rings. The molecule has 0 heterocycles. The number of anilines is 1. The van der Waals surface area contributed by atoms with Gasteiger partial charge in [0.25, 0.3) is 0 Å². The summed E-state index contributed by atoms with van der Waals surface area (Å²) in [6, 6.07) is 3.67. The fourth-order valence-corrected chi connectivity index (χ4v) is 2.28. The molecule has 0 amide bonds. The molecule has 7 heteroatoms. The van der Waals surface area contributed by atoms with Crippen LogP contribution < -0.4 is 11.1 Å². The Balaban J connectivity index is 2.67. The first-order valence-electron chi connectivity index (χ1n) is 5.65. The monoisotopic (exact) mass is 367 g/mol. The van der Waals surface area contributed by atoms with Crippen LogP contribution in [0.15, 0.2) is 21.8 Å². The van der Waals surface area contributed by atoms with Crippen molar-refractivity contribution < 1.29 is 5.21 Å². The van der Waals surface area contributed by atoms with E-state index in [0.717, 1.165) is 10.2 Å². The van der Waals surface area contributed by atoms with Gasteiger partial charge in [0.05, 0.1) is 15.7 Å². The SMILES string of the molecule is CC(C)(CCNc1ccc(Br)c(Cl)c1Cl)/C(N)=N/O. The summed E-state index contributed by atoms with van der Waals surface area (Å²) in [6.45, 7) is 4.43. The second kappa shape index (κ2) is 6.68. The number of oxime groups is 1. The van der Waals surface area contributed by atoms with E-state index in [2.05, 4.69) is 26.4 Å². The minimum Gasteiger partial charge on any atom is -0.409 e. The maximum Gasteiger partial charge on any atom is 0.144 e. The molecule has 0 atom stereocenters. The highest BCUT2D eigenvalue weighted by Crippen LogP contribution is 2.36. The van der Waals surface area contributed by atoms with E-state index < -0.39 is 5.41 Å². The summed E-state index contributed by atoms with van der Waals surface area (Å²) in [6.07, 6.45) is 0.687. The number of hydrogen-bond acceptors (Lipinski definition) is 3. The molecule has 0 aromatic heterocycles. The lowest BCUT2D eigenvalue weighted by molar-refractivity contribution is 0.306. The third-order valence-electron chi connectivity index (χ3n) is 2.90. The minimum atomic E-state index is -0.395. The van der Waals surface area contributed by atoms with Gasteiger partial charge in [-0.2, -0.15) is 0 Å². The van der Waals surface area contributed by atoms with Crippen molar-refractivity contribution in [2.75, 3.05) is 11.9 Å². The molecule has 0 fully saturated rings. The molecule has 1 aromatic carbocycles. The van der Waals surface area contributed by atoms with Gasteiger partial charge in [0.2, 0.25) is 0 Å². The van der Waals surface area contributed by atoms with E-state index in [0.29, 0.717) is 23.0 Å². The maximum atomic E-state index is 8.70. The third kappa shape index (κ3) is 4.16. The minimum absolute atomic E-state index is 0.203. The number of halogens is 3. The van der Waals surface area contributed by atoms with Crippen molar-refractivity contribution >= 4 is 50.7 Å². The van der Waals surface area contributed by atoms with E-state index >= 15 is 0 Å². The van der Waals surface area contributed by atoms with Crippen LogP contribution in [0.5, 0.6) is 0 Å². The number of rotatable bonds is 5. The van der Waals surface area contributed by atoms with Crippen LogP contribution in [0, 0.1) is 5.41 Å². The van der Waals surface area contributed by atoms with Gasteiger partial charge in [0, 0.05) is 16.4 Å². The van der Waals surface area contributed by atoms with E-state index in [9.17, 15) is 0 Å². The van der Waals surface area contributed by atoms with Gasteiger partial charge in [-0.1, -0.05) is 42.2 Å². The van der Waals surface area contributed by atoms with E-state index in [1.54, 1.807) is 0 Å². The molecule has 106 valence electrons. The molecule has 0 aliphatic carbocycles. The summed E-state index contributed by atoms with van der Waals surface area (Å²) in [5.74, 6) is 0.203. The molecule has 0 spiro atoms. The van der Waals surface area contributed by atoms with Gasteiger partial charge in [-0.05, 0) is 34.5 Å². The predicted molar refractivity (Wildman–Crippen MR) is 84.5 cm³/mol. The van der Waals surface area contributed by atoms with Gasteiger partial charge < -0.3 is 16.3 Å². The van der Waals surface area contributed by atoms with E-state index in [-0.39, 0.29) is 5.84 Å². The Labute approximate surface area is 131 Å². The maximum absolute atomic E-state index is 8.70. The van der Waals surface area contributed by atoms with Gasteiger partial charge >= 0.3 is 0 Å². The Morgan fingerprint density at radius 3 is 2.63 bits per heavy atom. The Morgan fingerprint density at radius 2 is 2.05 bits per heavy atom. The molecular weight excluding hydrogens is 353 g/mol. The lowest BCUT2D eigenvalue weighted by Gasteiger charge is -2.23. The molecule has 0 unspecified atom stereocenters. The first-order chi connectivity index (χ1) is 8.79. The Hall–Kier alpha value is -0.650. The summed E-state index contributed by atoms with van der Waals surface area (Å²) >= 11 is 15.5. The first kappa shape index (κ1) is 16.4. The van der Waals surface area contributed by atoms with Crippen LogP contribution >= 0.6 is 39.1 Å². The van der Waals surface area contributed by atoms with Crippen molar-refractivity contribution in [2.24, 2.45) is 16.3 Å². The van der Waals surface area contributed by atoms with Crippen LogP contribution in [-0.4, -0.2) is 17.6 Å². The zero-order chi connectivity index (χ0) is 14.6. The van der Waals surface area contributed by atoms with Crippen LogP contribution in [0.1, 0.15) is 20.3 Å². The summed E-state index contributed by atoms with van der Waals surface area (Å²) in [5.41, 5.74) is 5.98. The van der Waals surface area contributed by atoms with Crippen LogP contribution in [0.4, 0.5) is 5.69 Å².